The summed E-state index contributed by atoms with van der Waals surface area (Å²) in [5, 5.41) is 0. The summed E-state index contributed by atoms with van der Waals surface area (Å²) in [6, 6.07) is 0.883. The van der Waals surface area contributed by atoms with Crippen LogP contribution in [0.3, 0.4) is 0 Å². The van der Waals surface area contributed by atoms with Crippen LogP contribution in [0.4, 0.5) is 0 Å². The van der Waals surface area contributed by atoms with E-state index in [-0.39, 0.29) is 7.92 Å². The van der Waals surface area contributed by atoms with E-state index in [1.54, 1.807) is 77.0 Å². The van der Waals surface area contributed by atoms with Crippen molar-refractivity contribution in [3.63, 3.8) is 0 Å². The Labute approximate surface area is 177 Å². The van der Waals surface area contributed by atoms with Gasteiger partial charge in [0.05, 0.1) is 0 Å². The van der Waals surface area contributed by atoms with Crippen LogP contribution < -0.4 is 0 Å². The Morgan fingerprint density at radius 2 is 0.964 bits per heavy atom. The van der Waals surface area contributed by atoms with Crippen molar-refractivity contribution in [1.29, 1.82) is 0 Å². The molecule has 4 atom stereocenters. The maximum absolute atomic E-state index is 2.62. The van der Waals surface area contributed by atoms with Crippen molar-refractivity contribution in [2.45, 2.75) is 139 Å². The van der Waals surface area contributed by atoms with Gasteiger partial charge in [0.15, 0.2) is 0 Å². The van der Waals surface area contributed by atoms with Gasteiger partial charge in [-0.15, -0.1) is 0 Å². The average molecular weight is 406 g/mol. The fourth-order valence-electron chi connectivity index (χ4n) is 7.89. The number of rotatable bonds is 5. The molecule has 162 valence electrons. The molecule has 0 aromatic heterocycles. The van der Waals surface area contributed by atoms with Gasteiger partial charge < -0.3 is 4.90 Å². The Kier molecular flexibility index (Phi) is 8.20. The first kappa shape index (κ1) is 21.6. The molecule has 28 heavy (non-hydrogen) atoms. The Hall–Kier alpha value is 0.390. The lowest BCUT2D eigenvalue weighted by atomic mass is 9.70. The summed E-state index contributed by atoms with van der Waals surface area (Å²) in [5.74, 6) is 2.10. The zero-order valence-corrected chi connectivity index (χ0v) is 20.0. The lowest BCUT2D eigenvalue weighted by molar-refractivity contribution is 0.0907. The molecular formula is C26H48NP. The third-order valence-electron chi connectivity index (χ3n) is 9.15. The second kappa shape index (κ2) is 10.6. The van der Waals surface area contributed by atoms with E-state index in [4.69, 9.17) is 0 Å². The minimum absolute atomic E-state index is 0.264. The largest absolute Gasteiger partial charge is 0.306 e. The average Bonchev–Trinajstić information content (AvgIpc) is 2.76. The lowest BCUT2D eigenvalue weighted by Crippen LogP contribution is -2.46. The Morgan fingerprint density at radius 1 is 0.500 bits per heavy atom. The second-order valence-electron chi connectivity index (χ2n) is 11.0. The van der Waals surface area contributed by atoms with Crippen molar-refractivity contribution >= 4 is 7.92 Å². The van der Waals surface area contributed by atoms with E-state index in [0.717, 1.165) is 34.9 Å². The molecule has 4 unspecified atom stereocenters. The first-order valence-electron chi connectivity index (χ1n) is 13.2. The van der Waals surface area contributed by atoms with E-state index in [1.807, 2.05) is 0 Å². The summed E-state index contributed by atoms with van der Waals surface area (Å²) in [7, 11) is 5.03. The van der Waals surface area contributed by atoms with Gasteiger partial charge in [0.2, 0.25) is 0 Å². The Morgan fingerprint density at radius 3 is 1.54 bits per heavy atom. The van der Waals surface area contributed by atoms with Crippen LogP contribution in [0.15, 0.2) is 0 Å². The predicted molar refractivity (Wildman–Crippen MR) is 126 cm³/mol. The minimum atomic E-state index is 0.264. The van der Waals surface area contributed by atoms with Gasteiger partial charge in [0, 0.05) is 6.04 Å². The van der Waals surface area contributed by atoms with Crippen molar-refractivity contribution in [2.75, 3.05) is 14.1 Å². The molecule has 1 nitrogen and oxygen atoms in total. The summed E-state index contributed by atoms with van der Waals surface area (Å²) in [6.45, 7) is 0. The van der Waals surface area contributed by atoms with Gasteiger partial charge in [-0.1, -0.05) is 72.1 Å². The zero-order valence-electron chi connectivity index (χ0n) is 19.1. The van der Waals surface area contributed by atoms with E-state index in [0.29, 0.717) is 0 Å². The third kappa shape index (κ3) is 4.99. The van der Waals surface area contributed by atoms with Crippen LogP contribution in [-0.2, 0) is 0 Å². The van der Waals surface area contributed by atoms with E-state index >= 15 is 0 Å². The third-order valence-corrected chi connectivity index (χ3v) is 13.3. The Bertz CT molecular complexity index is 433. The summed E-state index contributed by atoms with van der Waals surface area (Å²) in [4.78, 5) is 2.62. The van der Waals surface area contributed by atoms with Gasteiger partial charge in [0.25, 0.3) is 0 Å². The molecule has 0 heterocycles. The quantitative estimate of drug-likeness (QED) is 0.421. The van der Waals surface area contributed by atoms with Crippen LogP contribution in [0.25, 0.3) is 0 Å². The second-order valence-corrected chi connectivity index (χ2v) is 14.0. The molecule has 2 heteroatoms. The highest BCUT2D eigenvalue weighted by molar-refractivity contribution is 7.60. The van der Waals surface area contributed by atoms with Crippen LogP contribution in [0.1, 0.15) is 116 Å². The van der Waals surface area contributed by atoms with Gasteiger partial charge in [-0.2, -0.15) is 0 Å². The van der Waals surface area contributed by atoms with Crippen LogP contribution in [0.5, 0.6) is 0 Å². The first-order chi connectivity index (χ1) is 13.8. The standard InChI is InChI=1S/C26H48NP/c1-27(2)25-19-11-9-17-23(25)24-18-10-12-20-26(24)28(21-13-5-3-6-14-21)22-15-7-4-8-16-22/h21-26H,3-20H2,1-2H3. The van der Waals surface area contributed by atoms with Gasteiger partial charge in [0.1, 0.15) is 0 Å². The minimum Gasteiger partial charge on any atom is -0.306 e. The normalized spacial score (nSPS) is 36.9. The fraction of sp³-hybridized carbons (Fsp3) is 1.00. The maximum Gasteiger partial charge on any atom is 0.0120 e. The lowest BCUT2D eigenvalue weighted by Gasteiger charge is -2.51. The predicted octanol–water partition coefficient (Wildman–Crippen LogP) is 7.81. The fourth-order valence-corrected chi connectivity index (χ4v) is 12.8. The maximum atomic E-state index is 2.62. The molecule has 0 amide bonds. The first-order valence-corrected chi connectivity index (χ1v) is 14.7. The molecule has 4 aliphatic carbocycles. The van der Waals surface area contributed by atoms with Crippen LogP contribution in [0.2, 0.25) is 0 Å². The number of hydrogen-bond donors (Lipinski definition) is 0. The number of hydrogen-bond acceptors (Lipinski definition) is 1. The molecule has 0 aromatic rings. The highest BCUT2D eigenvalue weighted by atomic mass is 31.1. The molecule has 0 spiro atoms. The monoisotopic (exact) mass is 405 g/mol. The summed E-state index contributed by atoms with van der Waals surface area (Å²) in [6.07, 6.45) is 28.0. The van der Waals surface area contributed by atoms with Crippen molar-refractivity contribution in [3.05, 3.63) is 0 Å². The van der Waals surface area contributed by atoms with Crippen molar-refractivity contribution in [3.8, 4) is 0 Å². The van der Waals surface area contributed by atoms with Gasteiger partial charge >= 0.3 is 0 Å². The number of nitrogens with zero attached hydrogens (tertiary/aromatic N) is 1. The molecule has 0 aliphatic heterocycles. The smallest absolute Gasteiger partial charge is 0.0120 e. The van der Waals surface area contributed by atoms with Crippen LogP contribution in [-0.4, -0.2) is 42.0 Å². The molecule has 0 bridgehead atoms. The van der Waals surface area contributed by atoms with E-state index in [2.05, 4.69) is 19.0 Å². The molecule has 0 radical (unpaired) electrons. The van der Waals surface area contributed by atoms with Gasteiger partial charge in [-0.05, 0) is 94.3 Å². The van der Waals surface area contributed by atoms with E-state index in [1.165, 1.54) is 38.5 Å². The molecule has 4 aliphatic rings. The summed E-state index contributed by atoms with van der Waals surface area (Å²) in [5.41, 5.74) is 3.44. The van der Waals surface area contributed by atoms with Crippen molar-refractivity contribution < 1.29 is 0 Å². The highest BCUT2D eigenvalue weighted by Gasteiger charge is 2.45. The summed E-state index contributed by atoms with van der Waals surface area (Å²) < 4.78 is 0. The van der Waals surface area contributed by atoms with Crippen molar-refractivity contribution in [2.24, 2.45) is 11.8 Å². The molecular weight excluding hydrogens is 357 g/mol. The molecule has 0 N–H and O–H groups in total. The molecule has 4 saturated carbocycles. The van der Waals surface area contributed by atoms with Crippen LogP contribution >= 0.6 is 7.92 Å². The zero-order chi connectivity index (χ0) is 19.3. The van der Waals surface area contributed by atoms with Crippen molar-refractivity contribution in [1.82, 2.24) is 4.90 Å². The van der Waals surface area contributed by atoms with Crippen LogP contribution in [0, 0.1) is 11.8 Å². The molecule has 0 aromatic carbocycles. The molecule has 0 saturated heterocycles. The molecule has 4 fully saturated rings. The topological polar surface area (TPSA) is 3.24 Å². The Balaban J connectivity index is 1.58. The van der Waals surface area contributed by atoms with E-state index in [9.17, 15) is 0 Å². The van der Waals surface area contributed by atoms with Gasteiger partial charge in [-0.3, -0.25) is 0 Å². The van der Waals surface area contributed by atoms with Gasteiger partial charge in [-0.25, -0.2) is 0 Å². The summed E-state index contributed by atoms with van der Waals surface area (Å²) >= 11 is 0. The van der Waals surface area contributed by atoms with E-state index < -0.39 is 0 Å². The highest BCUT2D eigenvalue weighted by Crippen LogP contribution is 2.64. The molecule has 4 rings (SSSR count). The SMILES string of the molecule is CN(C)C1CCCCC1C1CCCCC1P(C1CCCCC1)C1CCCCC1.